The van der Waals surface area contributed by atoms with E-state index in [1.807, 2.05) is 13.0 Å². The summed E-state index contributed by atoms with van der Waals surface area (Å²) < 4.78 is 1.67. The standard InChI is InChI=1S/C15H15ClN2O3/c1-2-9-17-14(8-5-12(10-16)15(17)19)11-3-6-13(7-4-11)18(20)21/h3-8H,2,9-10H2,1H3. The first-order chi connectivity index (χ1) is 10.1. The molecule has 110 valence electrons. The molecule has 0 aliphatic carbocycles. The smallest absolute Gasteiger partial charge is 0.269 e. The fourth-order valence-corrected chi connectivity index (χ4v) is 2.38. The van der Waals surface area contributed by atoms with Crippen LogP contribution in [0.15, 0.2) is 41.2 Å². The van der Waals surface area contributed by atoms with E-state index >= 15 is 0 Å². The van der Waals surface area contributed by atoms with E-state index in [0.29, 0.717) is 12.1 Å². The third-order valence-electron chi connectivity index (χ3n) is 3.22. The van der Waals surface area contributed by atoms with Gasteiger partial charge in [-0.1, -0.05) is 13.0 Å². The Kier molecular flexibility index (Phi) is 4.75. The molecule has 2 aromatic rings. The van der Waals surface area contributed by atoms with Crippen LogP contribution in [0.2, 0.25) is 0 Å². The normalized spacial score (nSPS) is 10.6. The van der Waals surface area contributed by atoms with Crippen LogP contribution in [-0.4, -0.2) is 9.49 Å². The number of rotatable bonds is 5. The lowest BCUT2D eigenvalue weighted by Gasteiger charge is -2.13. The molecule has 0 radical (unpaired) electrons. The van der Waals surface area contributed by atoms with Crippen LogP contribution in [0.4, 0.5) is 5.69 Å². The number of nitro groups is 1. The zero-order valence-corrected chi connectivity index (χ0v) is 12.3. The van der Waals surface area contributed by atoms with Crippen LogP contribution in [0.1, 0.15) is 18.9 Å². The van der Waals surface area contributed by atoms with Crippen molar-refractivity contribution in [1.82, 2.24) is 4.57 Å². The van der Waals surface area contributed by atoms with Crippen molar-refractivity contribution < 1.29 is 4.92 Å². The maximum atomic E-state index is 12.3. The zero-order chi connectivity index (χ0) is 15.4. The second-order valence-corrected chi connectivity index (χ2v) is 4.91. The number of pyridine rings is 1. The van der Waals surface area contributed by atoms with Gasteiger partial charge in [-0.25, -0.2) is 0 Å². The lowest BCUT2D eigenvalue weighted by Crippen LogP contribution is -2.24. The molecule has 1 aromatic carbocycles. The average Bonchev–Trinajstić information content (AvgIpc) is 2.49. The van der Waals surface area contributed by atoms with Crippen molar-refractivity contribution in [3.63, 3.8) is 0 Å². The molecule has 0 aliphatic rings. The highest BCUT2D eigenvalue weighted by atomic mass is 35.5. The van der Waals surface area contributed by atoms with Crippen LogP contribution < -0.4 is 5.56 Å². The summed E-state index contributed by atoms with van der Waals surface area (Å²) in [5, 5.41) is 10.7. The molecule has 5 nitrogen and oxygen atoms in total. The largest absolute Gasteiger partial charge is 0.308 e. The lowest BCUT2D eigenvalue weighted by atomic mass is 10.1. The second kappa shape index (κ2) is 6.54. The van der Waals surface area contributed by atoms with E-state index in [2.05, 4.69) is 0 Å². The van der Waals surface area contributed by atoms with Crippen molar-refractivity contribution in [2.45, 2.75) is 25.8 Å². The van der Waals surface area contributed by atoms with Gasteiger partial charge < -0.3 is 4.57 Å². The maximum absolute atomic E-state index is 12.3. The molecule has 0 amide bonds. The van der Waals surface area contributed by atoms with Crippen LogP contribution in [-0.2, 0) is 12.4 Å². The molecule has 0 bridgehead atoms. The van der Waals surface area contributed by atoms with Crippen LogP contribution in [0.5, 0.6) is 0 Å². The van der Waals surface area contributed by atoms with Crippen molar-refractivity contribution in [3.05, 3.63) is 62.4 Å². The minimum absolute atomic E-state index is 0.0283. The van der Waals surface area contributed by atoms with Gasteiger partial charge in [0.1, 0.15) is 0 Å². The third kappa shape index (κ3) is 3.13. The number of halogens is 1. The van der Waals surface area contributed by atoms with E-state index in [9.17, 15) is 14.9 Å². The van der Waals surface area contributed by atoms with Crippen molar-refractivity contribution in [2.24, 2.45) is 0 Å². The molecule has 0 unspecified atom stereocenters. The highest BCUT2D eigenvalue weighted by Gasteiger charge is 2.11. The lowest BCUT2D eigenvalue weighted by molar-refractivity contribution is -0.384. The van der Waals surface area contributed by atoms with Gasteiger partial charge in [-0.3, -0.25) is 14.9 Å². The van der Waals surface area contributed by atoms with E-state index in [1.165, 1.54) is 12.1 Å². The van der Waals surface area contributed by atoms with E-state index in [-0.39, 0.29) is 17.1 Å². The van der Waals surface area contributed by atoms with Gasteiger partial charge in [-0.15, -0.1) is 11.6 Å². The van der Waals surface area contributed by atoms with Gasteiger partial charge in [-0.2, -0.15) is 0 Å². The molecule has 0 saturated carbocycles. The number of non-ortho nitro benzene ring substituents is 1. The highest BCUT2D eigenvalue weighted by Crippen LogP contribution is 2.22. The number of hydrogen-bond acceptors (Lipinski definition) is 3. The summed E-state index contributed by atoms with van der Waals surface area (Å²) >= 11 is 5.77. The summed E-state index contributed by atoms with van der Waals surface area (Å²) in [6, 6.07) is 9.71. The molecular weight excluding hydrogens is 292 g/mol. The molecule has 21 heavy (non-hydrogen) atoms. The summed E-state index contributed by atoms with van der Waals surface area (Å²) in [6.45, 7) is 2.56. The minimum Gasteiger partial charge on any atom is -0.308 e. The number of alkyl halides is 1. The molecule has 0 spiro atoms. The highest BCUT2D eigenvalue weighted by molar-refractivity contribution is 6.17. The Morgan fingerprint density at radius 2 is 1.86 bits per heavy atom. The predicted octanol–water partition coefficient (Wildman–Crippen LogP) is 3.57. The van der Waals surface area contributed by atoms with Crippen LogP contribution in [0.25, 0.3) is 11.3 Å². The molecule has 0 atom stereocenters. The number of nitro benzene ring substituents is 1. The van der Waals surface area contributed by atoms with Crippen LogP contribution >= 0.6 is 11.6 Å². The summed E-state index contributed by atoms with van der Waals surface area (Å²) in [5.74, 6) is 0.170. The van der Waals surface area contributed by atoms with Crippen molar-refractivity contribution in [2.75, 3.05) is 0 Å². The zero-order valence-electron chi connectivity index (χ0n) is 11.6. The Labute approximate surface area is 126 Å². The third-order valence-corrected chi connectivity index (χ3v) is 3.51. The Bertz CT molecular complexity index is 708. The number of hydrogen-bond donors (Lipinski definition) is 0. The van der Waals surface area contributed by atoms with Crippen molar-refractivity contribution in [1.29, 1.82) is 0 Å². The first-order valence-electron chi connectivity index (χ1n) is 6.62. The van der Waals surface area contributed by atoms with Gasteiger partial charge in [0.25, 0.3) is 11.2 Å². The average molecular weight is 307 g/mol. The molecule has 2 rings (SSSR count). The van der Waals surface area contributed by atoms with E-state index in [0.717, 1.165) is 17.7 Å². The van der Waals surface area contributed by atoms with Crippen LogP contribution in [0.3, 0.4) is 0 Å². The summed E-state index contributed by atoms with van der Waals surface area (Å²) in [4.78, 5) is 22.6. The van der Waals surface area contributed by atoms with Gasteiger partial charge in [0.05, 0.1) is 16.5 Å². The molecule has 0 saturated heterocycles. The number of nitrogens with zero attached hydrogens (tertiary/aromatic N) is 2. The molecule has 6 heteroatoms. The Balaban J connectivity index is 2.54. The van der Waals surface area contributed by atoms with E-state index in [1.54, 1.807) is 22.8 Å². The van der Waals surface area contributed by atoms with Crippen molar-refractivity contribution >= 4 is 17.3 Å². The number of aromatic nitrogens is 1. The molecule has 1 heterocycles. The Morgan fingerprint density at radius 1 is 1.19 bits per heavy atom. The topological polar surface area (TPSA) is 65.1 Å². The predicted molar refractivity (Wildman–Crippen MR) is 82.6 cm³/mol. The van der Waals surface area contributed by atoms with Gasteiger partial charge in [0.2, 0.25) is 0 Å². The SMILES string of the molecule is CCCn1c(-c2ccc([N+](=O)[O-])cc2)ccc(CCl)c1=O. The summed E-state index contributed by atoms with van der Waals surface area (Å²) in [5.41, 5.74) is 1.98. The van der Waals surface area contributed by atoms with Crippen LogP contribution in [0, 0.1) is 10.1 Å². The fraction of sp³-hybridized carbons (Fsp3) is 0.267. The quantitative estimate of drug-likeness (QED) is 0.482. The molecular formula is C15H15ClN2O3. The van der Waals surface area contributed by atoms with E-state index < -0.39 is 4.92 Å². The molecule has 0 fully saturated rings. The minimum atomic E-state index is -0.445. The monoisotopic (exact) mass is 306 g/mol. The molecule has 0 aliphatic heterocycles. The first-order valence-corrected chi connectivity index (χ1v) is 7.15. The van der Waals surface area contributed by atoms with E-state index in [4.69, 9.17) is 11.6 Å². The Morgan fingerprint density at radius 3 is 2.38 bits per heavy atom. The van der Waals surface area contributed by atoms with Gasteiger partial charge in [-0.05, 0) is 30.2 Å². The van der Waals surface area contributed by atoms with Gasteiger partial charge >= 0.3 is 0 Å². The maximum Gasteiger partial charge on any atom is 0.269 e. The molecule has 1 aromatic heterocycles. The second-order valence-electron chi connectivity index (χ2n) is 4.64. The fourth-order valence-electron chi connectivity index (χ4n) is 2.18. The van der Waals surface area contributed by atoms with Gasteiger partial charge in [0, 0.05) is 24.2 Å². The Hall–Kier alpha value is -2.14. The summed E-state index contributed by atoms with van der Waals surface area (Å²) in [7, 11) is 0. The number of benzene rings is 1. The first kappa shape index (κ1) is 15.3. The molecule has 0 N–H and O–H groups in total. The van der Waals surface area contributed by atoms with Gasteiger partial charge in [0.15, 0.2) is 0 Å². The van der Waals surface area contributed by atoms with Crippen molar-refractivity contribution in [3.8, 4) is 11.3 Å². The summed E-state index contributed by atoms with van der Waals surface area (Å²) in [6.07, 6.45) is 0.811.